The van der Waals surface area contributed by atoms with Crippen LogP contribution >= 0.6 is 0 Å². The average Bonchev–Trinajstić information content (AvgIpc) is 0.861. The van der Waals surface area contributed by atoms with E-state index in [0.717, 1.165) is 17.8 Å². The lowest BCUT2D eigenvalue weighted by atomic mass is 9.86. The fraction of sp³-hybridized carbons (Fsp3) is 0.478. The van der Waals surface area contributed by atoms with E-state index in [-0.39, 0.29) is 79.3 Å². The molecule has 0 amide bonds. The Morgan fingerprint density at radius 3 is 0.780 bits per heavy atom. The zero-order chi connectivity index (χ0) is 100. The maximum Gasteiger partial charge on any atom is 0.338 e. The van der Waals surface area contributed by atoms with Crippen LogP contribution < -0.4 is 14.7 Å². The number of esters is 16. The van der Waals surface area contributed by atoms with Crippen LogP contribution in [0.5, 0.6) is 0 Å². The molecule has 3 rings (SSSR count). The fourth-order valence-corrected chi connectivity index (χ4v) is 9.83. The molecule has 0 saturated carbocycles. The Morgan fingerprint density at radius 2 is 0.538 bits per heavy atom. The first-order valence-electron chi connectivity index (χ1n) is 40.9. The summed E-state index contributed by atoms with van der Waals surface area (Å²) in [6.45, 7) is 26.7. The van der Waals surface area contributed by atoms with Gasteiger partial charge in [0.25, 0.3) is 0 Å². The molecular formula is C92H121N3O37. The van der Waals surface area contributed by atoms with Crippen molar-refractivity contribution in [3.63, 3.8) is 0 Å². The molecular weight excluding hydrogens is 1740 g/mol. The standard InChI is InChI=1S/C52H66N2O20.C30H40O16.C10H15NO/c1-33(2)46(59)69-29-40(73-44(57)22-20-42(55)65-24-26-67-49(62)36-12-16-38(17-13-36)53(8)9)31-71-48(61)35(5)28-52(6,7)51(64)72-32-41(30-70-47(60)34(3)4)74-45(58)23-21-43(56)66-25-27-68-50(63)37-14-18-39(19-15-37)54(10)11;1-17(2)26(37)41-13-20(45-24(35)10-8-22(31)32)15-43-28(39)19(5)12-30(6,7)29(40)44-16-21(14-42-27(38)18(3)4)46-25(36)11-9-23(33)34;1-11(2)10-5-3-9(4-6-10)7-8-12/h12-19,40-41H,1,3,5,20-32H2,2,4,6-11H3;20-21H,1,3,5,8-16H2,2,4,6-7H3,(H,31,32)(H,33,34);3-6,12H,7-8H2,1-2H3. The van der Waals surface area contributed by atoms with Gasteiger partial charge in [0, 0.05) is 99.4 Å². The van der Waals surface area contributed by atoms with Crippen LogP contribution in [0.25, 0.3) is 0 Å². The van der Waals surface area contributed by atoms with Crippen molar-refractivity contribution in [2.75, 3.05) is 143 Å². The number of carboxylic acid groups (broad SMARTS) is 2. The van der Waals surface area contributed by atoms with E-state index in [1.165, 1.54) is 66.6 Å². The third-order valence-electron chi connectivity index (χ3n) is 17.2. The van der Waals surface area contributed by atoms with Gasteiger partial charge in [0.1, 0.15) is 79.3 Å². The minimum Gasteiger partial charge on any atom is -0.481 e. The van der Waals surface area contributed by atoms with Crippen molar-refractivity contribution < 1.29 is 177 Å². The van der Waals surface area contributed by atoms with E-state index in [2.05, 4.69) is 56.5 Å². The molecule has 0 heterocycles. The molecule has 0 fully saturated rings. The number of hydrogen-bond acceptors (Lipinski definition) is 38. The zero-order valence-corrected chi connectivity index (χ0v) is 77.0. The molecule has 4 atom stereocenters. The number of aliphatic hydroxyl groups is 1. The highest BCUT2D eigenvalue weighted by atomic mass is 16.6. The summed E-state index contributed by atoms with van der Waals surface area (Å²) in [5.74, 6) is -16.2. The molecule has 0 bridgehead atoms. The summed E-state index contributed by atoms with van der Waals surface area (Å²) >= 11 is 0. The third-order valence-corrected chi connectivity index (χ3v) is 17.2. The number of carbonyl (C=O) groups is 18. The van der Waals surface area contributed by atoms with Gasteiger partial charge in [-0.1, -0.05) is 51.6 Å². The van der Waals surface area contributed by atoms with Gasteiger partial charge in [0.15, 0.2) is 24.4 Å². The van der Waals surface area contributed by atoms with Crippen LogP contribution in [0.2, 0.25) is 0 Å². The van der Waals surface area contributed by atoms with Crippen molar-refractivity contribution in [3.05, 3.63) is 162 Å². The van der Waals surface area contributed by atoms with Gasteiger partial charge in [-0.25, -0.2) is 38.4 Å². The number of aliphatic carboxylic acids is 2. The van der Waals surface area contributed by atoms with Crippen LogP contribution in [0.3, 0.4) is 0 Å². The Hall–Kier alpha value is -14.1. The number of anilines is 3. The average molecular weight is 1860 g/mol. The first kappa shape index (κ1) is 116. The van der Waals surface area contributed by atoms with Gasteiger partial charge in [-0.15, -0.1) is 0 Å². The molecule has 3 aromatic rings. The SMILES string of the molecule is C=C(C)C(=O)OCC(COC(=O)C(=C)CC(C)(C)C(=O)OCC(COC(=O)C(=C)C)OC(=O)CCC(=O)O)OC(=O)CCC(=O)O.C=C(C)C(=O)OCC(COC(=O)C(=C)CC(C)(C)C(=O)OCC(COC(=O)C(=C)C)OC(=O)CCC(=O)OCCOC(=O)c1ccc(N(C)C)cc1)OC(=O)CCC(=O)OCCOC(=O)c1ccc(N(C)C)cc1.CN(C)c1ccc(CCO)cc1. The van der Waals surface area contributed by atoms with Gasteiger partial charge in [0.05, 0.1) is 73.3 Å². The van der Waals surface area contributed by atoms with Gasteiger partial charge in [-0.3, -0.25) is 47.9 Å². The normalized spacial score (nSPS) is 11.5. The fourth-order valence-electron chi connectivity index (χ4n) is 9.83. The van der Waals surface area contributed by atoms with Crippen LogP contribution in [-0.4, -0.2) is 275 Å². The number of aliphatic hydroxyl groups excluding tert-OH is 1. The molecule has 132 heavy (non-hydrogen) atoms. The van der Waals surface area contributed by atoms with E-state index in [1.807, 2.05) is 64.2 Å². The number of ether oxygens (including phenoxy) is 16. The van der Waals surface area contributed by atoms with Crippen LogP contribution in [0.1, 0.15) is 146 Å². The van der Waals surface area contributed by atoms with Crippen molar-refractivity contribution in [3.8, 4) is 0 Å². The van der Waals surface area contributed by atoms with E-state index < -0.39 is 247 Å². The van der Waals surface area contributed by atoms with Gasteiger partial charge >= 0.3 is 107 Å². The van der Waals surface area contributed by atoms with E-state index in [1.54, 1.807) is 48.5 Å². The van der Waals surface area contributed by atoms with Crippen LogP contribution in [-0.2, 0) is 159 Å². The largest absolute Gasteiger partial charge is 0.481 e. The molecule has 726 valence electrons. The molecule has 0 aliphatic rings. The zero-order valence-electron chi connectivity index (χ0n) is 77.0. The Labute approximate surface area is 765 Å². The van der Waals surface area contributed by atoms with Gasteiger partial charge in [-0.05, 0) is 141 Å². The second kappa shape index (κ2) is 60.7. The lowest BCUT2D eigenvalue weighted by Crippen LogP contribution is -2.35. The smallest absolute Gasteiger partial charge is 0.338 e. The molecule has 0 radical (unpaired) electrons. The van der Waals surface area contributed by atoms with Crippen LogP contribution in [0.4, 0.5) is 17.1 Å². The summed E-state index contributed by atoms with van der Waals surface area (Å²) in [5.41, 5.74) is 1.59. The monoisotopic (exact) mass is 1860 g/mol. The summed E-state index contributed by atoms with van der Waals surface area (Å²) in [6.07, 6.45) is -9.04. The number of rotatable bonds is 57. The highest BCUT2D eigenvalue weighted by Crippen LogP contribution is 2.30. The van der Waals surface area contributed by atoms with Crippen molar-refractivity contribution >= 4 is 125 Å². The van der Waals surface area contributed by atoms with Crippen LogP contribution in [0.15, 0.2) is 146 Å². The van der Waals surface area contributed by atoms with E-state index in [9.17, 15) is 86.3 Å². The van der Waals surface area contributed by atoms with Crippen molar-refractivity contribution in [1.82, 2.24) is 0 Å². The highest BCUT2D eigenvalue weighted by Gasteiger charge is 2.37. The molecule has 3 N–H and O–H groups in total. The Morgan fingerprint density at radius 1 is 0.311 bits per heavy atom. The van der Waals surface area contributed by atoms with Crippen molar-refractivity contribution in [1.29, 1.82) is 0 Å². The number of carbonyl (C=O) groups excluding carboxylic acids is 16. The van der Waals surface area contributed by atoms with Gasteiger partial charge in [0.2, 0.25) is 0 Å². The van der Waals surface area contributed by atoms with Gasteiger partial charge < -0.3 is 106 Å². The second-order valence-electron chi connectivity index (χ2n) is 31.1. The molecule has 40 nitrogen and oxygen atoms in total. The van der Waals surface area contributed by atoms with E-state index >= 15 is 0 Å². The maximum atomic E-state index is 13.3. The minimum atomic E-state index is -1.47. The molecule has 40 heteroatoms. The molecule has 3 aromatic carbocycles. The topological polar surface area (TPSA) is 525 Å². The van der Waals surface area contributed by atoms with Crippen molar-refractivity contribution in [2.24, 2.45) is 10.8 Å². The predicted molar refractivity (Wildman–Crippen MR) is 469 cm³/mol. The van der Waals surface area contributed by atoms with Crippen molar-refractivity contribution in [2.45, 2.75) is 150 Å². The lowest BCUT2D eigenvalue weighted by molar-refractivity contribution is -0.170. The Balaban J connectivity index is 0.00000126. The second-order valence-corrected chi connectivity index (χ2v) is 31.1. The molecule has 0 aromatic heterocycles. The lowest BCUT2D eigenvalue weighted by Gasteiger charge is -2.25. The summed E-state index contributed by atoms with van der Waals surface area (Å²) in [5, 5.41) is 26.2. The number of carboxylic acids is 2. The molecule has 0 aliphatic carbocycles. The molecule has 4 unspecified atom stereocenters. The highest BCUT2D eigenvalue weighted by molar-refractivity contribution is 5.93. The summed E-state index contributed by atoms with van der Waals surface area (Å²) < 4.78 is 82.2. The predicted octanol–water partition coefficient (Wildman–Crippen LogP) is 7.72. The third kappa shape index (κ3) is 50.0. The van der Waals surface area contributed by atoms with E-state index in [0.29, 0.717) is 11.1 Å². The molecule has 0 aliphatic heterocycles. The Bertz CT molecular complexity index is 4520. The Kier molecular flexibility index (Phi) is 53.3. The summed E-state index contributed by atoms with van der Waals surface area (Å²) in [4.78, 5) is 225. The minimum absolute atomic E-state index is 0.0255. The summed E-state index contributed by atoms with van der Waals surface area (Å²) in [7, 11) is 11.4. The van der Waals surface area contributed by atoms with Crippen LogP contribution in [0, 0.1) is 10.8 Å². The number of benzene rings is 3. The maximum absolute atomic E-state index is 13.3. The number of hydrogen-bond donors (Lipinski definition) is 3. The van der Waals surface area contributed by atoms with Gasteiger partial charge in [-0.2, -0.15) is 0 Å². The first-order valence-corrected chi connectivity index (χ1v) is 40.9. The molecule has 0 spiro atoms. The summed E-state index contributed by atoms with van der Waals surface area (Å²) in [6, 6.07) is 21.5. The quantitative estimate of drug-likeness (QED) is 0.0210. The first-order chi connectivity index (χ1) is 61.8. The van der Waals surface area contributed by atoms with E-state index in [4.69, 9.17) is 91.1 Å². The number of nitrogens with zero attached hydrogens (tertiary/aromatic N) is 3. The molecule has 0 saturated heterocycles.